The van der Waals surface area contributed by atoms with E-state index in [2.05, 4.69) is 5.32 Å². The van der Waals surface area contributed by atoms with Gasteiger partial charge in [0.2, 0.25) is 0 Å². The summed E-state index contributed by atoms with van der Waals surface area (Å²) in [5, 5.41) is 2.76. The number of carbonyl (C=O) groups excluding carboxylic acids is 2. The second-order valence-electron chi connectivity index (χ2n) is 6.38. The molecular weight excluding hydrogens is 282 g/mol. The maximum absolute atomic E-state index is 11.8. The number of para-hydroxylation sites is 1. The van der Waals surface area contributed by atoms with E-state index in [0.29, 0.717) is 5.75 Å². The van der Waals surface area contributed by atoms with Crippen LogP contribution in [0.15, 0.2) is 18.2 Å². The molecule has 0 saturated heterocycles. The maximum Gasteiger partial charge on any atom is 0.344 e. The van der Waals surface area contributed by atoms with Crippen LogP contribution in [0.4, 0.5) is 0 Å². The van der Waals surface area contributed by atoms with Crippen LogP contribution in [-0.2, 0) is 14.3 Å². The highest BCUT2D eigenvalue weighted by atomic mass is 16.6. The number of rotatable bonds is 5. The maximum atomic E-state index is 11.8. The Hall–Kier alpha value is -2.04. The van der Waals surface area contributed by atoms with Gasteiger partial charge in [0.15, 0.2) is 12.7 Å². The summed E-state index contributed by atoms with van der Waals surface area (Å²) in [6.07, 6.45) is -0.853. The Balaban J connectivity index is 2.51. The first kappa shape index (κ1) is 18.0. The first-order chi connectivity index (χ1) is 10.1. The zero-order chi connectivity index (χ0) is 16.9. The topological polar surface area (TPSA) is 64.6 Å². The number of hydrogen-bond donors (Lipinski definition) is 1. The number of ether oxygens (including phenoxy) is 2. The molecule has 0 aliphatic carbocycles. The van der Waals surface area contributed by atoms with E-state index in [1.54, 1.807) is 0 Å². The lowest BCUT2D eigenvalue weighted by Crippen LogP contribution is -2.46. The summed E-state index contributed by atoms with van der Waals surface area (Å²) >= 11 is 0. The average Bonchev–Trinajstić information content (AvgIpc) is 2.36. The fourth-order valence-electron chi connectivity index (χ4n) is 1.91. The van der Waals surface area contributed by atoms with Gasteiger partial charge in [-0.2, -0.15) is 0 Å². The second-order valence-corrected chi connectivity index (χ2v) is 6.38. The minimum Gasteiger partial charge on any atom is -0.481 e. The van der Waals surface area contributed by atoms with Gasteiger partial charge in [0, 0.05) is 5.54 Å². The smallest absolute Gasteiger partial charge is 0.344 e. The summed E-state index contributed by atoms with van der Waals surface area (Å²) in [5.74, 6) is -0.224. The van der Waals surface area contributed by atoms with Crippen molar-refractivity contribution in [1.29, 1.82) is 0 Å². The van der Waals surface area contributed by atoms with E-state index in [1.807, 2.05) is 52.8 Å². The number of aryl methyl sites for hydroxylation is 2. The Morgan fingerprint density at radius 2 is 1.73 bits per heavy atom. The molecule has 5 nitrogen and oxygen atoms in total. The number of hydrogen-bond acceptors (Lipinski definition) is 4. The zero-order valence-corrected chi connectivity index (χ0v) is 14.1. The molecule has 1 amide bonds. The van der Waals surface area contributed by atoms with Crippen LogP contribution < -0.4 is 10.1 Å². The van der Waals surface area contributed by atoms with Crippen LogP contribution in [0.5, 0.6) is 5.75 Å². The van der Waals surface area contributed by atoms with Gasteiger partial charge in [-0.3, -0.25) is 4.79 Å². The van der Waals surface area contributed by atoms with E-state index >= 15 is 0 Å². The van der Waals surface area contributed by atoms with E-state index in [1.165, 1.54) is 6.92 Å². The third-order valence-electron chi connectivity index (χ3n) is 2.92. The number of benzene rings is 1. The molecular formula is C17H25NO4. The van der Waals surface area contributed by atoms with Crippen LogP contribution in [0.2, 0.25) is 0 Å². The standard InChI is InChI=1S/C17H25NO4/c1-11-8-7-9-12(2)15(11)21-10-14(19)22-13(3)16(20)18-17(4,5)6/h7-9,13H,10H2,1-6H3,(H,18,20). The van der Waals surface area contributed by atoms with Crippen molar-refractivity contribution >= 4 is 11.9 Å². The molecule has 0 aliphatic rings. The number of carbonyl (C=O) groups is 2. The molecule has 1 atom stereocenters. The van der Waals surface area contributed by atoms with Crippen LogP contribution >= 0.6 is 0 Å². The molecule has 0 spiro atoms. The van der Waals surface area contributed by atoms with Crippen LogP contribution in [0.1, 0.15) is 38.8 Å². The van der Waals surface area contributed by atoms with Crippen molar-refractivity contribution in [2.75, 3.05) is 6.61 Å². The number of esters is 1. The lowest BCUT2D eigenvalue weighted by atomic mass is 10.1. The van der Waals surface area contributed by atoms with Gasteiger partial charge in [-0.15, -0.1) is 0 Å². The monoisotopic (exact) mass is 307 g/mol. The Morgan fingerprint density at radius 3 is 2.23 bits per heavy atom. The Bertz CT molecular complexity index is 526. The largest absolute Gasteiger partial charge is 0.481 e. The van der Waals surface area contributed by atoms with Crippen molar-refractivity contribution in [3.05, 3.63) is 29.3 Å². The van der Waals surface area contributed by atoms with Gasteiger partial charge >= 0.3 is 5.97 Å². The zero-order valence-electron chi connectivity index (χ0n) is 14.1. The summed E-state index contributed by atoms with van der Waals surface area (Å²) < 4.78 is 10.6. The van der Waals surface area contributed by atoms with Crippen molar-refractivity contribution in [3.8, 4) is 5.75 Å². The van der Waals surface area contributed by atoms with E-state index in [9.17, 15) is 9.59 Å². The summed E-state index contributed by atoms with van der Waals surface area (Å²) in [6, 6.07) is 5.74. The highest BCUT2D eigenvalue weighted by Gasteiger charge is 2.22. The Morgan fingerprint density at radius 1 is 1.18 bits per heavy atom. The first-order valence-electron chi connectivity index (χ1n) is 7.30. The third kappa shape index (κ3) is 5.76. The normalized spacial score (nSPS) is 12.5. The van der Waals surface area contributed by atoms with E-state index in [-0.39, 0.29) is 18.1 Å². The van der Waals surface area contributed by atoms with Gasteiger partial charge < -0.3 is 14.8 Å². The number of amides is 1. The third-order valence-corrected chi connectivity index (χ3v) is 2.92. The highest BCUT2D eigenvalue weighted by Crippen LogP contribution is 2.22. The van der Waals surface area contributed by atoms with Gasteiger partial charge in [-0.25, -0.2) is 4.79 Å². The molecule has 1 rings (SSSR count). The van der Waals surface area contributed by atoms with Crippen LogP contribution in [0.25, 0.3) is 0 Å². The van der Waals surface area contributed by atoms with Gasteiger partial charge in [-0.05, 0) is 52.7 Å². The number of nitrogens with one attached hydrogen (secondary N) is 1. The van der Waals surface area contributed by atoms with Gasteiger partial charge in [0.25, 0.3) is 5.91 Å². The van der Waals surface area contributed by atoms with Crippen molar-refractivity contribution in [1.82, 2.24) is 5.32 Å². The summed E-state index contributed by atoms with van der Waals surface area (Å²) in [4.78, 5) is 23.6. The quantitative estimate of drug-likeness (QED) is 0.849. The predicted octanol–water partition coefficient (Wildman–Crippen LogP) is 2.53. The molecule has 1 aromatic carbocycles. The SMILES string of the molecule is Cc1cccc(C)c1OCC(=O)OC(C)C(=O)NC(C)(C)C. The van der Waals surface area contributed by atoms with Gasteiger partial charge in [0.05, 0.1) is 0 Å². The lowest BCUT2D eigenvalue weighted by Gasteiger charge is -2.23. The lowest BCUT2D eigenvalue weighted by molar-refractivity contribution is -0.157. The highest BCUT2D eigenvalue weighted by molar-refractivity contribution is 5.84. The summed E-state index contributed by atoms with van der Waals surface area (Å²) in [5.41, 5.74) is 1.53. The molecule has 1 unspecified atom stereocenters. The second kappa shape index (κ2) is 7.29. The molecule has 0 fully saturated rings. The van der Waals surface area contributed by atoms with E-state index in [0.717, 1.165) is 11.1 Å². The molecule has 1 aromatic rings. The minimum absolute atomic E-state index is 0.223. The van der Waals surface area contributed by atoms with Crippen LogP contribution in [0, 0.1) is 13.8 Å². The van der Waals surface area contributed by atoms with Gasteiger partial charge in [-0.1, -0.05) is 18.2 Å². The fraction of sp³-hybridized carbons (Fsp3) is 0.529. The van der Waals surface area contributed by atoms with Crippen molar-refractivity contribution in [3.63, 3.8) is 0 Å². The molecule has 0 heterocycles. The molecule has 0 saturated carbocycles. The molecule has 0 aromatic heterocycles. The minimum atomic E-state index is -0.853. The molecule has 22 heavy (non-hydrogen) atoms. The predicted molar refractivity (Wildman–Crippen MR) is 84.9 cm³/mol. The molecule has 0 aliphatic heterocycles. The first-order valence-corrected chi connectivity index (χ1v) is 7.30. The Kier molecular flexibility index (Phi) is 5.97. The molecule has 0 bridgehead atoms. The fourth-order valence-corrected chi connectivity index (χ4v) is 1.91. The van der Waals surface area contributed by atoms with E-state index in [4.69, 9.17) is 9.47 Å². The van der Waals surface area contributed by atoms with Crippen molar-refractivity contribution < 1.29 is 19.1 Å². The molecule has 5 heteroatoms. The van der Waals surface area contributed by atoms with Gasteiger partial charge in [0.1, 0.15) is 5.75 Å². The van der Waals surface area contributed by atoms with Crippen LogP contribution in [-0.4, -0.2) is 30.1 Å². The summed E-state index contributed by atoms with van der Waals surface area (Å²) in [6.45, 7) is 10.7. The van der Waals surface area contributed by atoms with Crippen molar-refractivity contribution in [2.45, 2.75) is 53.2 Å². The summed E-state index contributed by atoms with van der Waals surface area (Å²) in [7, 11) is 0. The molecule has 122 valence electrons. The van der Waals surface area contributed by atoms with E-state index < -0.39 is 12.1 Å². The van der Waals surface area contributed by atoms with Crippen molar-refractivity contribution in [2.24, 2.45) is 0 Å². The Labute approximate surface area is 132 Å². The average molecular weight is 307 g/mol. The van der Waals surface area contributed by atoms with Crippen LogP contribution in [0.3, 0.4) is 0 Å². The molecule has 1 N–H and O–H groups in total. The molecule has 0 radical (unpaired) electrons.